The maximum atomic E-state index is 12.2. The van der Waals surface area contributed by atoms with Gasteiger partial charge in [-0.1, -0.05) is 13.8 Å². The van der Waals surface area contributed by atoms with Crippen LogP contribution < -0.4 is 0 Å². The molecule has 6 nitrogen and oxygen atoms in total. The molecule has 0 N–H and O–H groups in total. The van der Waals surface area contributed by atoms with E-state index in [0.717, 1.165) is 44.9 Å². The van der Waals surface area contributed by atoms with Crippen molar-refractivity contribution in [2.75, 3.05) is 0 Å². The molecule has 4 fully saturated rings. The quantitative estimate of drug-likeness (QED) is 0.421. The lowest BCUT2D eigenvalue weighted by atomic mass is 9.44. The molecule has 4 aliphatic carbocycles. The molecule has 0 saturated heterocycles. The Morgan fingerprint density at radius 2 is 1.52 bits per heavy atom. The minimum atomic E-state index is -0.759. The minimum Gasteiger partial charge on any atom is -0.463 e. The average molecular weight is 463 g/mol. The van der Waals surface area contributed by atoms with Crippen molar-refractivity contribution in [3.63, 3.8) is 0 Å². The van der Waals surface area contributed by atoms with Crippen molar-refractivity contribution in [1.29, 1.82) is 0 Å². The van der Waals surface area contributed by atoms with Gasteiger partial charge >= 0.3 is 17.9 Å². The Morgan fingerprint density at radius 1 is 0.818 bits per heavy atom. The first-order valence-corrected chi connectivity index (χ1v) is 13.0. The maximum Gasteiger partial charge on any atom is 0.303 e. The lowest BCUT2D eigenvalue weighted by molar-refractivity contribution is -0.219. The minimum absolute atomic E-state index is 0.0682. The Kier molecular flexibility index (Phi) is 6.37. The van der Waals surface area contributed by atoms with Gasteiger partial charge in [0.1, 0.15) is 12.2 Å². The number of fused-ring (bicyclic) bond motifs is 5. The van der Waals surface area contributed by atoms with Crippen LogP contribution in [0.25, 0.3) is 0 Å². The van der Waals surface area contributed by atoms with Gasteiger partial charge in [-0.25, -0.2) is 0 Å². The molecule has 4 saturated carbocycles. The van der Waals surface area contributed by atoms with Gasteiger partial charge in [0, 0.05) is 26.2 Å². The highest BCUT2D eigenvalue weighted by molar-refractivity contribution is 5.68. The molecule has 0 radical (unpaired) electrons. The number of ether oxygens (including phenoxy) is 3. The van der Waals surface area contributed by atoms with Crippen LogP contribution in [0.5, 0.6) is 0 Å². The van der Waals surface area contributed by atoms with E-state index in [2.05, 4.69) is 13.8 Å². The SMILES string of the molecule is CC(=O)O[C@H]1CC[C@@]2(C)[C@@H](CC[C@@H]3[C@@H]2CC[C@@]2(C)[C@H]3CC[C@@]2(OC(C)=O)[C@@H](C)OC(C)=O)C1. The number of carbonyl (C=O) groups excluding carboxylic acids is 3. The van der Waals surface area contributed by atoms with E-state index in [9.17, 15) is 14.4 Å². The van der Waals surface area contributed by atoms with Crippen LogP contribution in [0.1, 0.15) is 99.3 Å². The van der Waals surface area contributed by atoms with E-state index in [-0.39, 0.29) is 34.8 Å². The van der Waals surface area contributed by atoms with Crippen LogP contribution in [0.4, 0.5) is 0 Å². The molecule has 0 bridgehead atoms. The normalized spacial score (nSPS) is 45.1. The van der Waals surface area contributed by atoms with Crippen LogP contribution in [0, 0.1) is 34.5 Å². The monoisotopic (exact) mass is 462 g/mol. The molecule has 0 unspecified atom stereocenters. The highest BCUT2D eigenvalue weighted by Crippen LogP contribution is 2.69. The standard InChI is InChI=1S/C27H42O6/c1-16(31-17(2)28)27(33-19(4)30)14-11-24-22-8-7-20-15-21(32-18(3)29)9-12-25(20,5)23(22)10-13-26(24,27)6/h16,20-24H,7-15H2,1-6H3/t16-,20+,21+,22-,23+,24+,25+,26+,27-/m1/s1. The lowest BCUT2D eigenvalue weighted by Gasteiger charge is -2.62. The number of hydrogen-bond acceptors (Lipinski definition) is 6. The van der Waals surface area contributed by atoms with E-state index in [0.29, 0.717) is 23.7 Å². The van der Waals surface area contributed by atoms with Crippen LogP contribution >= 0.6 is 0 Å². The third-order valence-electron chi connectivity index (χ3n) is 10.5. The second kappa shape index (κ2) is 8.57. The van der Waals surface area contributed by atoms with Gasteiger partial charge in [-0.15, -0.1) is 0 Å². The molecule has 186 valence electrons. The molecule has 4 aliphatic rings. The summed E-state index contributed by atoms with van der Waals surface area (Å²) < 4.78 is 17.4. The van der Waals surface area contributed by atoms with Crippen molar-refractivity contribution in [3.8, 4) is 0 Å². The Morgan fingerprint density at radius 3 is 2.15 bits per heavy atom. The summed E-state index contributed by atoms with van der Waals surface area (Å²) >= 11 is 0. The molecule has 0 amide bonds. The third kappa shape index (κ3) is 3.89. The van der Waals surface area contributed by atoms with E-state index >= 15 is 0 Å². The fourth-order valence-electron chi connectivity index (χ4n) is 9.11. The van der Waals surface area contributed by atoms with Crippen molar-refractivity contribution < 1.29 is 28.6 Å². The summed E-state index contributed by atoms with van der Waals surface area (Å²) in [5, 5.41) is 0. The Balaban J connectivity index is 1.59. The second-order valence-corrected chi connectivity index (χ2v) is 11.9. The predicted octanol–water partition coefficient (Wildman–Crippen LogP) is 5.21. The lowest BCUT2D eigenvalue weighted by Crippen LogP contribution is -2.61. The summed E-state index contributed by atoms with van der Waals surface area (Å²) in [6, 6.07) is 0. The second-order valence-electron chi connectivity index (χ2n) is 11.9. The van der Waals surface area contributed by atoms with E-state index in [4.69, 9.17) is 14.2 Å². The fourth-order valence-corrected chi connectivity index (χ4v) is 9.11. The molecule has 0 aromatic heterocycles. The molecular formula is C27H42O6. The van der Waals surface area contributed by atoms with Gasteiger partial charge in [-0.2, -0.15) is 0 Å². The first-order chi connectivity index (χ1) is 15.4. The molecule has 0 aromatic carbocycles. The van der Waals surface area contributed by atoms with Gasteiger partial charge in [0.15, 0.2) is 5.60 Å². The number of esters is 3. The van der Waals surface area contributed by atoms with Gasteiger partial charge in [0.2, 0.25) is 0 Å². The molecule has 4 rings (SSSR count). The number of carbonyl (C=O) groups is 3. The Labute approximate surface area is 198 Å². The summed E-state index contributed by atoms with van der Waals surface area (Å²) in [7, 11) is 0. The molecule has 0 aromatic rings. The number of rotatable bonds is 4. The van der Waals surface area contributed by atoms with Gasteiger partial charge in [0.05, 0.1) is 0 Å². The molecule has 0 spiro atoms. The smallest absolute Gasteiger partial charge is 0.303 e. The Hall–Kier alpha value is -1.59. The third-order valence-corrected chi connectivity index (χ3v) is 10.5. The molecule has 6 heteroatoms. The first-order valence-electron chi connectivity index (χ1n) is 13.0. The topological polar surface area (TPSA) is 78.9 Å². The van der Waals surface area contributed by atoms with Crippen LogP contribution in [0.2, 0.25) is 0 Å². The molecule has 0 heterocycles. The van der Waals surface area contributed by atoms with Gasteiger partial charge in [-0.05, 0) is 93.8 Å². The van der Waals surface area contributed by atoms with E-state index in [1.807, 2.05) is 6.92 Å². The van der Waals surface area contributed by atoms with Crippen molar-refractivity contribution >= 4 is 17.9 Å². The van der Waals surface area contributed by atoms with Crippen molar-refractivity contribution in [1.82, 2.24) is 0 Å². The zero-order chi connectivity index (χ0) is 24.2. The summed E-state index contributed by atoms with van der Waals surface area (Å²) in [5.41, 5.74) is -0.688. The van der Waals surface area contributed by atoms with Crippen LogP contribution in [0.15, 0.2) is 0 Å². The highest BCUT2D eigenvalue weighted by Gasteiger charge is 2.68. The first kappa shape index (κ1) is 24.5. The predicted molar refractivity (Wildman–Crippen MR) is 123 cm³/mol. The summed E-state index contributed by atoms with van der Waals surface area (Å²) in [6.45, 7) is 11.1. The highest BCUT2D eigenvalue weighted by atomic mass is 16.6. The Bertz CT molecular complexity index is 808. The van der Waals surface area contributed by atoms with Crippen LogP contribution in [-0.4, -0.2) is 35.7 Å². The van der Waals surface area contributed by atoms with E-state index < -0.39 is 11.7 Å². The van der Waals surface area contributed by atoms with Crippen LogP contribution in [0.3, 0.4) is 0 Å². The van der Waals surface area contributed by atoms with Crippen LogP contribution in [-0.2, 0) is 28.6 Å². The fraction of sp³-hybridized carbons (Fsp3) is 0.889. The van der Waals surface area contributed by atoms with Gasteiger partial charge in [-0.3, -0.25) is 14.4 Å². The van der Waals surface area contributed by atoms with Crippen molar-refractivity contribution in [3.05, 3.63) is 0 Å². The largest absolute Gasteiger partial charge is 0.463 e. The van der Waals surface area contributed by atoms with E-state index in [1.165, 1.54) is 33.6 Å². The summed E-state index contributed by atoms with van der Waals surface area (Å²) in [5.74, 6) is 1.51. The average Bonchev–Trinajstić information content (AvgIpc) is 3.00. The van der Waals surface area contributed by atoms with Crippen molar-refractivity contribution in [2.45, 2.75) is 117 Å². The molecule has 9 atom stereocenters. The molecular weight excluding hydrogens is 420 g/mol. The number of hydrogen-bond donors (Lipinski definition) is 0. The zero-order valence-electron chi connectivity index (χ0n) is 21.3. The zero-order valence-corrected chi connectivity index (χ0v) is 21.3. The summed E-state index contributed by atoms with van der Waals surface area (Å²) in [4.78, 5) is 35.6. The van der Waals surface area contributed by atoms with E-state index in [1.54, 1.807) is 0 Å². The maximum absolute atomic E-state index is 12.2. The van der Waals surface area contributed by atoms with Gasteiger partial charge in [0.25, 0.3) is 0 Å². The molecule has 33 heavy (non-hydrogen) atoms. The summed E-state index contributed by atoms with van der Waals surface area (Å²) in [6.07, 6.45) is 8.85. The molecule has 0 aliphatic heterocycles. The van der Waals surface area contributed by atoms with Crippen molar-refractivity contribution in [2.24, 2.45) is 34.5 Å². The van der Waals surface area contributed by atoms with Gasteiger partial charge < -0.3 is 14.2 Å².